The first-order chi connectivity index (χ1) is 7.77. The first kappa shape index (κ1) is 10.6. The van der Waals surface area contributed by atoms with Crippen molar-refractivity contribution in [3.05, 3.63) is 47.7 Å². The summed E-state index contributed by atoms with van der Waals surface area (Å²) in [5, 5.41) is 0. The molecule has 0 amide bonds. The molecule has 16 heavy (non-hydrogen) atoms. The SMILES string of the molecule is O=C1CCC/C1=C/OC(=O)c1ccccc1. The van der Waals surface area contributed by atoms with E-state index in [0.29, 0.717) is 24.0 Å². The Bertz CT molecular complexity index is 432. The molecule has 0 atom stereocenters. The van der Waals surface area contributed by atoms with E-state index in [2.05, 4.69) is 0 Å². The van der Waals surface area contributed by atoms with Crippen molar-refractivity contribution in [3.63, 3.8) is 0 Å². The Morgan fingerprint density at radius 1 is 1.19 bits per heavy atom. The Kier molecular flexibility index (Phi) is 3.15. The number of carbonyl (C=O) groups is 2. The van der Waals surface area contributed by atoms with Crippen molar-refractivity contribution in [2.24, 2.45) is 0 Å². The molecule has 1 aromatic rings. The number of hydrogen-bond donors (Lipinski definition) is 0. The average molecular weight is 216 g/mol. The fraction of sp³-hybridized carbons (Fsp3) is 0.231. The largest absolute Gasteiger partial charge is 0.430 e. The van der Waals surface area contributed by atoms with Crippen molar-refractivity contribution in [1.29, 1.82) is 0 Å². The van der Waals surface area contributed by atoms with Gasteiger partial charge in [0.05, 0.1) is 5.56 Å². The highest BCUT2D eigenvalue weighted by Gasteiger charge is 2.17. The molecule has 0 unspecified atom stereocenters. The van der Waals surface area contributed by atoms with Gasteiger partial charge in [-0.05, 0) is 25.0 Å². The minimum atomic E-state index is -0.423. The van der Waals surface area contributed by atoms with Gasteiger partial charge in [-0.15, -0.1) is 0 Å². The summed E-state index contributed by atoms with van der Waals surface area (Å²) >= 11 is 0. The van der Waals surface area contributed by atoms with Gasteiger partial charge < -0.3 is 4.74 Å². The topological polar surface area (TPSA) is 43.4 Å². The molecular formula is C13H12O3. The van der Waals surface area contributed by atoms with Gasteiger partial charge in [-0.25, -0.2) is 4.79 Å². The summed E-state index contributed by atoms with van der Waals surface area (Å²) in [5.74, 6) is -0.339. The number of esters is 1. The number of allylic oxidation sites excluding steroid dienone is 1. The smallest absolute Gasteiger partial charge is 0.342 e. The molecule has 0 radical (unpaired) electrons. The van der Waals surface area contributed by atoms with Crippen LogP contribution in [-0.4, -0.2) is 11.8 Å². The molecule has 0 heterocycles. The minimum absolute atomic E-state index is 0.0841. The van der Waals surface area contributed by atoms with E-state index in [-0.39, 0.29) is 5.78 Å². The molecular weight excluding hydrogens is 204 g/mol. The third kappa shape index (κ3) is 2.37. The molecule has 1 fully saturated rings. The molecule has 0 aliphatic heterocycles. The maximum atomic E-state index is 11.5. The quantitative estimate of drug-likeness (QED) is 0.433. The first-order valence-corrected chi connectivity index (χ1v) is 5.25. The fourth-order valence-corrected chi connectivity index (χ4v) is 1.63. The Morgan fingerprint density at radius 2 is 1.94 bits per heavy atom. The van der Waals surface area contributed by atoms with E-state index >= 15 is 0 Å². The number of Topliss-reactive ketones (excluding diaryl/α,β-unsaturated/α-hetero) is 1. The van der Waals surface area contributed by atoms with Crippen LogP contribution in [0.4, 0.5) is 0 Å². The molecule has 1 saturated carbocycles. The average Bonchev–Trinajstić information content (AvgIpc) is 2.73. The van der Waals surface area contributed by atoms with E-state index in [1.807, 2.05) is 6.07 Å². The predicted octanol–water partition coefficient (Wildman–Crippen LogP) is 2.48. The molecule has 0 saturated heterocycles. The maximum absolute atomic E-state index is 11.5. The monoisotopic (exact) mass is 216 g/mol. The molecule has 0 spiro atoms. The summed E-state index contributed by atoms with van der Waals surface area (Å²) < 4.78 is 4.96. The van der Waals surface area contributed by atoms with Crippen LogP contribution in [-0.2, 0) is 9.53 Å². The van der Waals surface area contributed by atoms with E-state index in [9.17, 15) is 9.59 Å². The number of carbonyl (C=O) groups excluding carboxylic acids is 2. The lowest BCUT2D eigenvalue weighted by Gasteiger charge is -1.99. The van der Waals surface area contributed by atoms with Crippen molar-refractivity contribution >= 4 is 11.8 Å². The van der Waals surface area contributed by atoms with Gasteiger partial charge in [-0.1, -0.05) is 18.2 Å². The Morgan fingerprint density at radius 3 is 2.56 bits per heavy atom. The predicted molar refractivity (Wildman–Crippen MR) is 58.8 cm³/mol. The summed E-state index contributed by atoms with van der Waals surface area (Å²) in [6.45, 7) is 0. The molecule has 82 valence electrons. The third-order valence-electron chi connectivity index (χ3n) is 2.53. The highest BCUT2D eigenvalue weighted by Crippen LogP contribution is 2.20. The van der Waals surface area contributed by atoms with Gasteiger partial charge in [0.2, 0.25) is 0 Å². The number of ketones is 1. The lowest BCUT2D eigenvalue weighted by molar-refractivity contribution is -0.114. The molecule has 1 aliphatic carbocycles. The van der Waals surface area contributed by atoms with E-state index in [1.54, 1.807) is 24.3 Å². The summed E-state index contributed by atoms with van der Waals surface area (Å²) in [6.07, 6.45) is 3.42. The van der Waals surface area contributed by atoms with Crippen molar-refractivity contribution in [2.45, 2.75) is 19.3 Å². The van der Waals surface area contributed by atoms with Crippen molar-refractivity contribution < 1.29 is 14.3 Å². The van der Waals surface area contributed by atoms with Gasteiger partial charge in [0.15, 0.2) is 5.78 Å². The van der Waals surface area contributed by atoms with Crippen molar-refractivity contribution in [1.82, 2.24) is 0 Å². The molecule has 2 rings (SSSR count). The maximum Gasteiger partial charge on any atom is 0.342 e. The fourth-order valence-electron chi connectivity index (χ4n) is 1.63. The Labute approximate surface area is 93.7 Å². The zero-order valence-electron chi connectivity index (χ0n) is 8.81. The van der Waals surface area contributed by atoms with E-state index in [1.165, 1.54) is 6.26 Å². The van der Waals surface area contributed by atoms with Gasteiger partial charge in [0.25, 0.3) is 0 Å². The Hall–Kier alpha value is -1.90. The van der Waals surface area contributed by atoms with E-state index in [4.69, 9.17) is 4.74 Å². The zero-order valence-corrected chi connectivity index (χ0v) is 8.81. The summed E-state index contributed by atoms with van der Waals surface area (Å²) in [5.41, 5.74) is 1.11. The van der Waals surface area contributed by atoms with Gasteiger partial charge >= 0.3 is 5.97 Å². The van der Waals surface area contributed by atoms with Crippen LogP contribution in [0.25, 0.3) is 0 Å². The van der Waals surface area contributed by atoms with Crippen molar-refractivity contribution in [2.75, 3.05) is 0 Å². The van der Waals surface area contributed by atoms with Crippen LogP contribution in [0.5, 0.6) is 0 Å². The second-order valence-corrected chi connectivity index (χ2v) is 3.69. The third-order valence-corrected chi connectivity index (χ3v) is 2.53. The minimum Gasteiger partial charge on any atom is -0.430 e. The van der Waals surface area contributed by atoms with Crippen LogP contribution in [0.1, 0.15) is 29.6 Å². The van der Waals surface area contributed by atoms with Crippen LogP contribution < -0.4 is 0 Å². The molecule has 1 aromatic carbocycles. The first-order valence-electron chi connectivity index (χ1n) is 5.25. The molecule has 3 nitrogen and oxygen atoms in total. The van der Waals surface area contributed by atoms with Gasteiger partial charge in [0.1, 0.15) is 6.26 Å². The molecule has 0 N–H and O–H groups in total. The Balaban J connectivity index is 2.01. The molecule has 0 aromatic heterocycles. The number of rotatable bonds is 2. The zero-order chi connectivity index (χ0) is 11.4. The molecule has 3 heteroatoms. The molecule has 0 bridgehead atoms. The van der Waals surface area contributed by atoms with E-state index in [0.717, 1.165) is 6.42 Å². The van der Waals surface area contributed by atoms with Crippen LogP contribution in [0, 0.1) is 0 Å². The number of benzene rings is 1. The van der Waals surface area contributed by atoms with Crippen molar-refractivity contribution in [3.8, 4) is 0 Å². The van der Waals surface area contributed by atoms with Crippen LogP contribution in [0.15, 0.2) is 42.2 Å². The van der Waals surface area contributed by atoms with Gasteiger partial charge in [-0.2, -0.15) is 0 Å². The number of ether oxygens (including phenoxy) is 1. The van der Waals surface area contributed by atoms with Gasteiger partial charge in [-0.3, -0.25) is 4.79 Å². The normalized spacial score (nSPS) is 17.8. The molecule has 1 aliphatic rings. The highest BCUT2D eigenvalue weighted by atomic mass is 16.5. The van der Waals surface area contributed by atoms with Gasteiger partial charge in [0, 0.05) is 12.0 Å². The summed E-state index contributed by atoms with van der Waals surface area (Å²) in [7, 11) is 0. The summed E-state index contributed by atoms with van der Waals surface area (Å²) in [4.78, 5) is 22.8. The standard InChI is InChI=1S/C13H12O3/c14-12-8-4-7-11(12)9-16-13(15)10-5-2-1-3-6-10/h1-3,5-6,9H,4,7-8H2/b11-9-. The highest BCUT2D eigenvalue weighted by molar-refractivity contribution is 5.97. The summed E-state index contributed by atoms with van der Waals surface area (Å²) in [6, 6.07) is 8.72. The lowest BCUT2D eigenvalue weighted by Crippen LogP contribution is -2.02. The van der Waals surface area contributed by atoms with Crippen LogP contribution in [0.2, 0.25) is 0 Å². The second kappa shape index (κ2) is 4.75. The number of hydrogen-bond acceptors (Lipinski definition) is 3. The lowest BCUT2D eigenvalue weighted by atomic mass is 10.2. The second-order valence-electron chi connectivity index (χ2n) is 3.69. The van der Waals surface area contributed by atoms with Crippen LogP contribution in [0.3, 0.4) is 0 Å². The van der Waals surface area contributed by atoms with Crippen LogP contribution >= 0.6 is 0 Å². The van der Waals surface area contributed by atoms with E-state index < -0.39 is 5.97 Å².